The smallest absolute Gasteiger partial charge is 0.868 e. The molecule has 168 valence electrons. The van der Waals surface area contributed by atoms with Crippen molar-refractivity contribution in [3.05, 3.63) is 62.6 Å². The van der Waals surface area contributed by atoms with Crippen molar-refractivity contribution in [2.24, 2.45) is 0 Å². The van der Waals surface area contributed by atoms with Gasteiger partial charge in [-0.05, 0) is 49.6 Å². The van der Waals surface area contributed by atoms with E-state index in [4.69, 9.17) is 4.74 Å². The summed E-state index contributed by atoms with van der Waals surface area (Å²) in [6.07, 6.45) is 2.91. The molecule has 2 bridgehead atoms. The van der Waals surface area contributed by atoms with Gasteiger partial charge in [-0.25, -0.2) is 8.78 Å². The third-order valence-corrected chi connectivity index (χ3v) is 6.39. The quantitative estimate of drug-likeness (QED) is 0.536. The zero-order valence-corrected chi connectivity index (χ0v) is 20.2. The van der Waals surface area contributed by atoms with Crippen LogP contribution in [0.4, 0.5) is 8.78 Å². The molecular formula is C22H20F2N3NaO5. The van der Waals surface area contributed by atoms with Crippen LogP contribution < -0.4 is 45.4 Å². The second-order valence-electron chi connectivity index (χ2n) is 8.48. The van der Waals surface area contributed by atoms with Gasteiger partial charge < -0.3 is 24.6 Å². The first-order valence-electron chi connectivity index (χ1n) is 10.4. The van der Waals surface area contributed by atoms with Gasteiger partial charge in [0.05, 0.1) is 12.6 Å². The Morgan fingerprint density at radius 2 is 1.94 bits per heavy atom. The van der Waals surface area contributed by atoms with Crippen molar-refractivity contribution < 1.29 is 57.8 Å². The van der Waals surface area contributed by atoms with Gasteiger partial charge in [0.25, 0.3) is 11.8 Å². The predicted octanol–water partition coefficient (Wildman–Crippen LogP) is -1.82. The van der Waals surface area contributed by atoms with E-state index in [0.717, 1.165) is 31.2 Å². The Bertz CT molecular complexity index is 1190. The number of nitrogens with zero attached hydrogens (tertiary/aromatic N) is 2. The van der Waals surface area contributed by atoms with Crippen LogP contribution in [0.25, 0.3) is 0 Å². The summed E-state index contributed by atoms with van der Waals surface area (Å²) < 4.78 is 35.3. The number of ether oxygens (including phenoxy) is 1. The molecule has 3 atom stereocenters. The molecule has 0 spiro atoms. The molecule has 5 rings (SSSR count). The molecule has 1 aromatic carbocycles. The van der Waals surface area contributed by atoms with Crippen molar-refractivity contribution in [2.45, 2.75) is 57.6 Å². The summed E-state index contributed by atoms with van der Waals surface area (Å²) in [6, 6.07) is 2.22. The second kappa shape index (κ2) is 8.83. The summed E-state index contributed by atoms with van der Waals surface area (Å²) in [5, 5.41) is 15.0. The van der Waals surface area contributed by atoms with Gasteiger partial charge >= 0.3 is 29.6 Å². The molecule has 8 nitrogen and oxygen atoms in total. The summed E-state index contributed by atoms with van der Waals surface area (Å²) in [6.45, 7) is 1.14. The Kier molecular flexibility index (Phi) is 6.38. The normalized spacial score (nSPS) is 22.9. The fraction of sp³-hybridized carbons (Fsp3) is 0.409. The van der Waals surface area contributed by atoms with E-state index in [1.807, 2.05) is 0 Å². The average molecular weight is 467 g/mol. The van der Waals surface area contributed by atoms with Crippen LogP contribution in [0.1, 0.15) is 51.2 Å². The molecule has 0 unspecified atom stereocenters. The number of nitrogens with one attached hydrogen (secondary N) is 1. The number of aromatic nitrogens is 1. The van der Waals surface area contributed by atoms with Crippen molar-refractivity contribution in [3.63, 3.8) is 0 Å². The van der Waals surface area contributed by atoms with Crippen LogP contribution in [0.15, 0.2) is 23.1 Å². The van der Waals surface area contributed by atoms with Crippen molar-refractivity contribution >= 4 is 11.8 Å². The Balaban J connectivity index is 0.00000259. The molecule has 3 heterocycles. The Labute approximate surface area is 209 Å². The number of benzene rings is 1. The molecule has 1 N–H and O–H groups in total. The Morgan fingerprint density at radius 3 is 2.64 bits per heavy atom. The molecule has 2 fully saturated rings. The van der Waals surface area contributed by atoms with Crippen LogP contribution in [0.2, 0.25) is 0 Å². The Morgan fingerprint density at radius 1 is 1.24 bits per heavy atom. The minimum Gasteiger partial charge on any atom is -0.868 e. The van der Waals surface area contributed by atoms with Gasteiger partial charge in [0.2, 0.25) is 0 Å². The first-order valence-corrected chi connectivity index (χ1v) is 10.4. The standard InChI is InChI=1S/C22H21F2N3O5.Na/c1-10-4-15(23)13(16(24)5-10)7-25-21(30)14-8-26-9-17-27(11-2-3-12(6-11)32-17)22(31)18(26)20(29)19(14)28;/h4-5,8,11-12,17,29H,2-3,6-7,9H2,1H3,(H,25,30);/q;+1/p-1/t11-,12+,17+;/m0./s1. The number of carbonyl (C=O) groups excluding carboxylic acids is 2. The summed E-state index contributed by atoms with van der Waals surface area (Å²) in [5.74, 6) is -4.27. The minimum absolute atomic E-state index is 0. The largest absolute Gasteiger partial charge is 1.00 e. The fourth-order valence-corrected chi connectivity index (χ4v) is 4.86. The maximum Gasteiger partial charge on any atom is 1.00 e. The van der Waals surface area contributed by atoms with E-state index >= 15 is 0 Å². The second-order valence-corrected chi connectivity index (χ2v) is 8.48. The SMILES string of the molecule is Cc1cc(F)c(CNC(=O)c2cn3c(c([O-])c2=O)C(=O)N2[C@H]4CC[C@H](C4)O[C@@H]2C3)c(F)c1.[Na+]. The van der Waals surface area contributed by atoms with Crippen LogP contribution in [0, 0.1) is 18.6 Å². The van der Waals surface area contributed by atoms with E-state index in [1.54, 1.807) is 0 Å². The minimum atomic E-state index is -1.13. The fourth-order valence-electron chi connectivity index (χ4n) is 4.86. The summed E-state index contributed by atoms with van der Waals surface area (Å²) >= 11 is 0. The molecule has 0 radical (unpaired) electrons. The number of rotatable bonds is 3. The monoisotopic (exact) mass is 467 g/mol. The van der Waals surface area contributed by atoms with E-state index < -0.39 is 53.0 Å². The van der Waals surface area contributed by atoms with Crippen molar-refractivity contribution in [2.75, 3.05) is 0 Å². The van der Waals surface area contributed by atoms with Crippen molar-refractivity contribution in [1.82, 2.24) is 14.8 Å². The summed E-state index contributed by atoms with van der Waals surface area (Å²) in [7, 11) is 0. The van der Waals surface area contributed by atoms with Gasteiger partial charge in [-0.2, -0.15) is 0 Å². The van der Waals surface area contributed by atoms with E-state index in [1.165, 1.54) is 16.4 Å². The number of hydrogen-bond donors (Lipinski definition) is 1. The summed E-state index contributed by atoms with van der Waals surface area (Å²) in [5.41, 5.74) is -1.90. The maximum absolute atomic E-state index is 14.0. The van der Waals surface area contributed by atoms with Gasteiger partial charge in [0, 0.05) is 24.3 Å². The van der Waals surface area contributed by atoms with Crippen LogP contribution in [0.3, 0.4) is 0 Å². The molecule has 2 aromatic rings. The summed E-state index contributed by atoms with van der Waals surface area (Å²) in [4.78, 5) is 39.7. The zero-order valence-electron chi connectivity index (χ0n) is 18.2. The van der Waals surface area contributed by atoms with E-state index in [0.29, 0.717) is 12.0 Å². The number of amides is 2. The molecule has 1 aliphatic carbocycles. The predicted molar refractivity (Wildman–Crippen MR) is 105 cm³/mol. The number of carbonyl (C=O) groups is 2. The first kappa shape index (κ1) is 23.9. The number of halogens is 2. The zero-order chi connectivity index (χ0) is 22.7. The number of fused-ring (bicyclic) bond motifs is 5. The number of pyridine rings is 1. The van der Waals surface area contributed by atoms with Crippen LogP contribution in [-0.2, 0) is 17.8 Å². The first-order chi connectivity index (χ1) is 15.2. The molecule has 1 saturated heterocycles. The third-order valence-electron chi connectivity index (χ3n) is 6.39. The van der Waals surface area contributed by atoms with Crippen LogP contribution in [0.5, 0.6) is 5.75 Å². The average Bonchev–Trinajstić information content (AvgIpc) is 3.10. The van der Waals surface area contributed by atoms with Gasteiger partial charge in [0.15, 0.2) is 11.7 Å². The van der Waals surface area contributed by atoms with Crippen LogP contribution >= 0.6 is 0 Å². The molecule has 1 saturated carbocycles. The van der Waals surface area contributed by atoms with Crippen molar-refractivity contribution in [1.29, 1.82) is 0 Å². The molecule has 1 aromatic heterocycles. The van der Waals surface area contributed by atoms with E-state index in [9.17, 15) is 28.3 Å². The molecule has 2 amide bonds. The van der Waals surface area contributed by atoms with Crippen molar-refractivity contribution in [3.8, 4) is 5.75 Å². The molecule has 33 heavy (non-hydrogen) atoms. The molecule has 2 aliphatic heterocycles. The van der Waals surface area contributed by atoms with Crippen LogP contribution in [-0.4, -0.2) is 39.7 Å². The maximum atomic E-state index is 14.0. The third kappa shape index (κ3) is 3.99. The Hall–Kier alpha value is -2.27. The van der Waals surface area contributed by atoms with E-state index in [2.05, 4.69) is 5.32 Å². The molecule has 11 heteroatoms. The van der Waals surface area contributed by atoms with E-state index in [-0.39, 0.29) is 59.5 Å². The van der Waals surface area contributed by atoms with Gasteiger partial charge in [-0.3, -0.25) is 14.4 Å². The van der Waals surface area contributed by atoms with Gasteiger partial charge in [-0.1, -0.05) is 0 Å². The molecule has 3 aliphatic rings. The van der Waals surface area contributed by atoms with Gasteiger partial charge in [0.1, 0.15) is 22.9 Å². The topological polar surface area (TPSA) is 104 Å². The number of aryl methyl sites for hydroxylation is 1. The molecular weight excluding hydrogens is 447 g/mol. The van der Waals surface area contributed by atoms with Gasteiger partial charge in [-0.15, -0.1) is 0 Å². The number of hydrogen-bond acceptors (Lipinski definition) is 5.